The van der Waals surface area contributed by atoms with Crippen LogP contribution in [0.3, 0.4) is 0 Å². The van der Waals surface area contributed by atoms with Gasteiger partial charge in [-0.05, 0) is 43.2 Å². The molecule has 0 saturated heterocycles. The number of hydrogen-bond donors (Lipinski definition) is 1. The summed E-state index contributed by atoms with van der Waals surface area (Å²) in [5.41, 5.74) is 5.10. The molecular formula is C20H19ClN2O2. The van der Waals surface area contributed by atoms with Crippen LogP contribution in [0.1, 0.15) is 27.2 Å². The van der Waals surface area contributed by atoms with E-state index >= 15 is 0 Å². The smallest absolute Gasteiger partial charge is 0.255 e. The lowest BCUT2D eigenvalue weighted by Gasteiger charge is -2.22. The first kappa shape index (κ1) is 16.0. The van der Waals surface area contributed by atoms with Gasteiger partial charge < -0.3 is 14.6 Å². The first-order valence-electron chi connectivity index (χ1n) is 8.31. The molecule has 0 saturated carbocycles. The van der Waals surface area contributed by atoms with E-state index in [9.17, 15) is 4.79 Å². The van der Waals surface area contributed by atoms with Gasteiger partial charge in [0.05, 0.1) is 24.2 Å². The minimum absolute atomic E-state index is 0.0450. The van der Waals surface area contributed by atoms with Gasteiger partial charge in [0.1, 0.15) is 5.75 Å². The largest absolute Gasteiger partial charge is 0.496 e. The average Bonchev–Trinajstić information content (AvgIpc) is 2.80. The number of hydrogen-bond acceptors (Lipinski definition) is 2. The fraction of sp³-hybridized carbons (Fsp3) is 0.250. The monoisotopic (exact) mass is 354 g/mol. The molecular weight excluding hydrogens is 336 g/mol. The summed E-state index contributed by atoms with van der Waals surface area (Å²) < 4.78 is 5.58. The SMILES string of the molecule is COc1ccc2[nH]c(C)c3c2c1CN(C(=O)c1ccccc1Cl)CC3. The van der Waals surface area contributed by atoms with Crippen LogP contribution in [0.5, 0.6) is 5.75 Å². The van der Waals surface area contributed by atoms with E-state index in [2.05, 4.69) is 11.9 Å². The molecule has 2 heterocycles. The van der Waals surface area contributed by atoms with Crippen LogP contribution in [0, 0.1) is 6.92 Å². The number of ether oxygens (including phenoxy) is 1. The zero-order valence-corrected chi connectivity index (χ0v) is 15.0. The molecule has 0 unspecified atom stereocenters. The van der Waals surface area contributed by atoms with Crippen LogP contribution in [0.15, 0.2) is 36.4 Å². The lowest BCUT2D eigenvalue weighted by molar-refractivity contribution is 0.0747. The molecule has 128 valence electrons. The standard InChI is InChI=1S/C20H19ClN2O2/c1-12-13-9-10-23(20(24)14-5-3-4-6-16(14)21)11-15-18(25-2)8-7-17(22-12)19(13)15/h3-8,22H,9-11H2,1-2H3. The summed E-state index contributed by atoms with van der Waals surface area (Å²) in [4.78, 5) is 18.3. The van der Waals surface area contributed by atoms with Crippen molar-refractivity contribution < 1.29 is 9.53 Å². The number of aryl methyl sites for hydroxylation is 1. The number of carbonyl (C=O) groups excluding carboxylic acids is 1. The van der Waals surface area contributed by atoms with Gasteiger partial charge in [0, 0.05) is 28.7 Å². The molecule has 25 heavy (non-hydrogen) atoms. The molecule has 1 aliphatic rings. The van der Waals surface area contributed by atoms with Gasteiger partial charge in [0.2, 0.25) is 0 Å². The summed E-state index contributed by atoms with van der Waals surface area (Å²) in [6.45, 7) is 3.24. The molecule has 0 radical (unpaired) electrons. The Morgan fingerprint density at radius 1 is 1.20 bits per heavy atom. The quantitative estimate of drug-likeness (QED) is 0.744. The summed E-state index contributed by atoms with van der Waals surface area (Å²) in [5, 5.41) is 1.67. The first-order valence-corrected chi connectivity index (χ1v) is 8.68. The molecule has 1 aromatic heterocycles. The van der Waals surface area contributed by atoms with E-state index in [4.69, 9.17) is 16.3 Å². The molecule has 0 atom stereocenters. The van der Waals surface area contributed by atoms with Gasteiger partial charge in [-0.25, -0.2) is 0 Å². The summed E-state index contributed by atoms with van der Waals surface area (Å²) in [6.07, 6.45) is 0.808. The van der Waals surface area contributed by atoms with Crippen LogP contribution in [0.25, 0.3) is 10.9 Å². The molecule has 0 aliphatic carbocycles. The van der Waals surface area contributed by atoms with E-state index in [1.807, 2.05) is 29.2 Å². The third-order valence-corrected chi connectivity index (χ3v) is 5.27. The Hall–Kier alpha value is -2.46. The maximum atomic E-state index is 13.0. The van der Waals surface area contributed by atoms with E-state index in [1.54, 1.807) is 19.2 Å². The van der Waals surface area contributed by atoms with E-state index in [0.717, 1.165) is 28.9 Å². The summed E-state index contributed by atoms with van der Waals surface area (Å²) in [6, 6.07) is 11.2. The van der Waals surface area contributed by atoms with Crippen molar-refractivity contribution in [2.24, 2.45) is 0 Å². The number of H-pyrrole nitrogens is 1. The van der Waals surface area contributed by atoms with E-state index in [0.29, 0.717) is 23.7 Å². The highest BCUT2D eigenvalue weighted by Gasteiger charge is 2.26. The van der Waals surface area contributed by atoms with Crippen molar-refractivity contribution in [3.8, 4) is 5.75 Å². The molecule has 5 heteroatoms. The van der Waals surface area contributed by atoms with Gasteiger partial charge in [-0.1, -0.05) is 23.7 Å². The molecule has 4 rings (SSSR count). The van der Waals surface area contributed by atoms with Crippen molar-refractivity contribution in [2.75, 3.05) is 13.7 Å². The number of benzene rings is 2. The number of methoxy groups -OCH3 is 1. The predicted octanol–water partition coefficient (Wildman–Crippen LogP) is 4.34. The Balaban J connectivity index is 1.80. The van der Waals surface area contributed by atoms with E-state index < -0.39 is 0 Å². The van der Waals surface area contributed by atoms with Crippen LogP contribution >= 0.6 is 11.6 Å². The fourth-order valence-electron chi connectivity index (χ4n) is 3.70. The number of amides is 1. The second-order valence-corrected chi connectivity index (χ2v) is 6.76. The summed E-state index contributed by atoms with van der Waals surface area (Å²) >= 11 is 6.23. The lowest BCUT2D eigenvalue weighted by Crippen LogP contribution is -2.31. The number of rotatable bonds is 2. The van der Waals surface area contributed by atoms with Crippen molar-refractivity contribution in [2.45, 2.75) is 19.9 Å². The Morgan fingerprint density at radius 2 is 2.00 bits per heavy atom. The highest BCUT2D eigenvalue weighted by atomic mass is 35.5. The van der Waals surface area contributed by atoms with Crippen molar-refractivity contribution in [3.63, 3.8) is 0 Å². The number of aromatic amines is 1. The van der Waals surface area contributed by atoms with Crippen LogP contribution < -0.4 is 4.74 Å². The number of carbonyl (C=O) groups is 1. The molecule has 0 bridgehead atoms. The second-order valence-electron chi connectivity index (χ2n) is 6.35. The first-order chi connectivity index (χ1) is 12.1. The number of halogens is 1. The topological polar surface area (TPSA) is 45.3 Å². The van der Waals surface area contributed by atoms with Gasteiger partial charge >= 0.3 is 0 Å². The third-order valence-electron chi connectivity index (χ3n) is 4.94. The Morgan fingerprint density at radius 3 is 2.76 bits per heavy atom. The average molecular weight is 355 g/mol. The zero-order chi connectivity index (χ0) is 17.6. The Labute approximate surface area is 151 Å². The molecule has 4 nitrogen and oxygen atoms in total. The highest BCUT2D eigenvalue weighted by Crippen LogP contribution is 2.36. The van der Waals surface area contributed by atoms with Crippen molar-refractivity contribution >= 4 is 28.4 Å². The molecule has 3 aromatic rings. The van der Waals surface area contributed by atoms with E-state index in [-0.39, 0.29) is 5.91 Å². The summed E-state index contributed by atoms with van der Waals surface area (Å²) in [5.74, 6) is 0.767. The Bertz CT molecular complexity index is 977. The highest BCUT2D eigenvalue weighted by molar-refractivity contribution is 6.33. The van der Waals surface area contributed by atoms with Gasteiger partial charge in [0.15, 0.2) is 0 Å². The zero-order valence-electron chi connectivity index (χ0n) is 14.2. The lowest BCUT2D eigenvalue weighted by atomic mass is 10.0. The predicted molar refractivity (Wildman–Crippen MR) is 99.5 cm³/mol. The van der Waals surface area contributed by atoms with Crippen LogP contribution in [-0.4, -0.2) is 29.4 Å². The normalized spacial score (nSPS) is 13.8. The number of nitrogens with zero attached hydrogens (tertiary/aromatic N) is 1. The number of aromatic nitrogens is 1. The van der Waals surface area contributed by atoms with Crippen molar-refractivity contribution in [1.82, 2.24) is 9.88 Å². The fourth-order valence-corrected chi connectivity index (χ4v) is 3.91. The van der Waals surface area contributed by atoms with E-state index in [1.165, 1.54) is 10.9 Å². The minimum Gasteiger partial charge on any atom is -0.496 e. The molecule has 1 aliphatic heterocycles. The maximum absolute atomic E-state index is 13.0. The van der Waals surface area contributed by atoms with Crippen molar-refractivity contribution in [3.05, 3.63) is 63.8 Å². The summed E-state index contributed by atoms with van der Waals surface area (Å²) in [7, 11) is 1.67. The molecule has 1 amide bonds. The van der Waals surface area contributed by atoms with Crippen LogP contribution in [0.4, 0.5) is 0 Å². The van der Waals surface area contributed by atoms with Crippen LogP contribution in [0.2, 0.25) is 5.02 Å². The molecule has 0 spiro atoms. The van der Waals surface area contributed by atoms with Gasteiger partial charge in [-0.15, -0.1) is 0 Å². The van der Waals surface area contributed by atoms with Gasteiger partial charge in [-0.3, -0.25) is 4.79 Å². The van der Waals surface area contributed by atoms with Gasteiger partial charge in [0.25, 0.3) is 5.91 Å². The number of nitrogens with one attached hydrogen (secondary N) is 1. The maximum Gasteiger partial charge on any atom is 0.255 e. The molecule has 0 fully saturated rings. The van der Waals surface area contributed by atoms with Crippen molar-refractivity contribution in [1.29, 1.82) is 0 Å². The molecule has 1 N–H and O–H groups in total. The van der Waals surface area contributed by atoms with Crippen LogP contribution in [-0.2, 0) is 13.0 Å². The third kappa shape index (κ3) is 2.57. The minimum atomic E-state index is -0.0450. The molecule has 2 aromatic carbocycles. The second kappa shape index (κ2) is 6.12. The Kier molecular flexibility index (Phi) is 3.92. The van der Waals surface area contributed by atoms with Gasteiger partial charge in [-0.2, -0.15) is 0 Å².